The molecule has 0 radical (unpaired) electrons. The smallest absolute Gasteiger partial charge is 0.357 e. The predicted octanol–water partition coefficient (Wildman–Crippen LogP) is 4.85. The lowest BCUT2D eigenvalue weighted by Gasteiger charge is -2.31. The molecule has 1 atom stereocenters. The maximum absolute atomic E-state index is 6.89. The van der Waals surface area contributed by atoms with E-state index in [1.165, 1.54) is 18.4 Å². The molecule has 156 valence electrons. The van der Waals surface area contributed by atoms with Gasteiger partial charge in [-0.15, -0.1) is 6.58 Å². The first-order chi connectivity index (χ1) is 14.2. The Labute approximate surface area is 178 Å². The second-order valence-electron chi connectivity index (χ2n) is 7.48. The summed E-state index contributed by atoms with van der Waals surface area (Å²) in [6.45, 7) is 4.78. The first kappa shape index (κ1) is 23.5. The molecular formula is C25H34O3Si. The summed E-state index contributed by atoms with van der Waals surface area (Å²) < 4.78 is 17.3. The van der Waals surface area contributed by atoms with Crippen molar-refractivity contribution in [1.29, 1.82) is 0 Å². The molecule has 0 heterocycles. The molecule has 0 aliphatic heterocycles. The van der Waals surface area contributed by atoms with Gasteiger partial charge >= 0.3 is 8.32 Å². The maximum atomic E-state index is 6.89. The van der Waals surface area contributed by atoms with E-state index in [9.17, 15) is 0 Å². The quantitative estimate of drug-likeness (QED) is 0.314. The minimum absolute atomic E-state index is 0.0775. The largest absolute Gasteiger partial charge is 0.393 e. The molecule has 0 N–H and O–H groups in total. The average molecular weight is 411 g/mol. The van der Waals surface area contributed by atoms with Gasteiger partial charge in [0.15, 0.2) is 0 Å². The van der Waals surface area contributed by atoms with Crippen LogP contribution < -0.4 is 0 Å². The molecule has 1 aliphatic carbocycles. The van der Waals surface area contributed by atoms with Crippen LogP contribution in [0.4, 0.5) is 0 Å². The Kier molecular flexibility index (Phi) is 10.8. The van der Waals surface area contributed by atoms with E-state index < -0.39 is 8.32 Å². The van der Waals surface area contributed by atoms with Crippen molar-refractivity contribution in [2.75, 3.05) is 27.4 Å². The molecule has 29 heavy (non-hydrogen) atoms. The number of hydrogen-bond donors (Lipinski definition) is 0. The standard InChI is InChI=1S/C25H34O3Si/c1-4-12-24(18-17-23-13-6-5-7-14-23)28-29(21-10-19-26-2,22-11-20-27-3)25-15-8-9-16-25/h4-7,13-14,24-25H,1,8-9,12,15-20H2,2-3H3. The van der Waals surface area contributed by atoms with Crippen LogP contribution in [0.5, 0.6) is 0 Å². The van der Waals surface area contributed by atoms with Gasteiger partial charge in [-0.05, 0) is 37.7 Å². The van der Waals surface area contributed by atoms with Crippen molar-refractivity contribution in [2.45, 2.75) is 56.6 Å². The Bertz CT molecular complexity index is 693. The number of ether oxygens (including phenoxy) is 2. The van der Waals surface area contributed by atoms with Gasteiger partial charge in [0, 0.05) is 19.8 Å². The van der Waals surface area contributed by atoms with Crippen molar-refractivity contribution in [1.82, 2.24) is 0 Å². The number of hydrogen-bond acceptors (Lipinski definition) is 3. The first-order valence-electron chi connectivity index (χ1n) is 10.5. The maximum Gasteiger partial charge on any atom is 0.357 e. The van der Waals surface area contributed by atoms with E-state index >= 15 is 0 Å². The van der Waals surface area contributed by atoms with E-state index in [-0.39, 0.29) is 6.10 Å². The molecule has 3 nitrogen and oxygen atoms in total. The molecular weight excluding hydrogens is 376 g/mol. The van der Waals surface area contributed by atoms with Gasteiger partial charge in [0.25, 0.3) is 0 Å². The predicted molar refractivity (Wildman–Crippen MR) is 122 cm³/mol. The molecule has 0 saturated heterocycles. The molecule has 0 amide bonds. The van der Waals surface area contributed by atoms with E-state index in [1.54, 1.807) is 14.2 Å². The van der Waals surface area contributed by atoms with Crippen LogP contribution in [0.15, 0.2) is 43.0 Å². The Morgan fingerprint density at radius 1 is 1.07 bits per heavy atom. The van der Waals surface area contributed by atoms with E-state index in [4.69, 9.17) is 13.9 Å². The van der Waals surface area contributed by atoms with Gasteiger partial charge in [0.2, 0.25) is 0 Å². The lowest BCUT2D eigenvalue weighted by Crippen LogP contribution is -2.44. The molecule has 1 saturated carbocycles. The summed E-state index contributed by atoms with van der Waals surface area (Å²) in [5.74, 6) is 6.39. The third-order valence-electron chi connectivity index (χ3n) is 5.29. The molecule has 1 fully saturated rings. The van der Waals surface area contributed by atoms with Crippen LogP contribution in [-0.4, -0.2) is 41.9 Å². The van der Waals surface area contributed by atoms with E-state index in [2.05, 4.69) is 59.8 Å². The van der Waals surface area contributed by atoms with Crippen LogP contribution in [-0.2, 0) is 20.3 Å². The summed E-state index contributed by atoms with van der Waals surface area (Å²) in [4.78, 5) is 0. The minimum atomic E-state index is -2.61. The fourth-order valence-electron chi connectivity index (χ4n) is 3.85. The van der Waals surface area contributed by atoms with Crippen molar-refractivity contribution >= 4 is 8.32 Å². The minimum Gasteiger partial charge on any atom is -0.393 e. The van der Waals surface area contributed by atoms with Crippen LogP contribution in [0.3, 0.4) is 0 Å². The molecule has 0 aromatic heterocycles. The van der Waals surface area contributed by atoms with Crippen molar-refractivity contribution < 1.29 is 13.9 Å². The Balaban J connectivity index is 2.26. The molecule has 1 aliphatic rings. The number of benzene rings is 1. The van der Waals surface area contributed by atoms with Crippen molar-refractivity contribution in [3.05, 3.63) is 48.6 Å². The SMILES string of the molecule is C=CCC(CCc1ccccc1)O[Si](C#CCOC)(C#CCOC)C1CCCC1. The highest BCUT2D eigenvalue weighted by molar-refractivity contribution is 6.90. The van der Waals surface area contributed by atoms with Gasteiger partial charge in [0.1, 0.15) is 13.2 Å². The third kappa shape index (κ3) is 7.84. The summed E-state index contributed by atoms with van der Waals surface area (Å²) in [7, 11) is 0.738. The lowest BCUT2D eigenvalue weighted by atomic mass is 10.1. The van der Waals surface area contributed by atoms with Crippen LogP contribution in [0.25, 0.3) is 0 Å². The van der Waals surface area contributed by atoms with E-state index in [0.29, 0.717) is 18.8 Å². The topological polar surface area (TPSA) is 27.7 Å². The summed E-state index contributed by atoms with van der Waals surface area (Å²) in [5, 5.41) is 0. The second-order valence-corrected chi connectivity index (χ2v) is 10.5. The van der Waals surface area contributed by atoms with Crippen LogP contribution in [0, 0.1) is 22.9 Å². The average Bonchev–Trinajstić information content (AvgIpc) is 3.29. The lowest BCUT2D eigenvalue weighted by molar-refractivity contribution is 0.186. The second kappa shape index (κ2) is 13.4. The molecule has 2 rings (SSSR count). The van der Waals surface area contributed by atoms with Crippen LogP contribution in [0.1, 0.15) is 44.1 Å². The zero-order valence-electron chi connectivity index (χ0n) is 17.9. The number of methoxy groups -OCH3 is 2. The molecule has 1 aromatic carbocycles. The van der Waals surface area contributed by atoms with Crippen molar-refractivity contribution in [3.63, 3.8) is 0 Å². The van der Waals surface area contributed by atoms with Crippen molar-refractivity contribution in [3.8, 4) is 22.9 Å². The Hall–Kier alpha value is -1.82. The molecule has 0 spiro atoms. The monoisotopic (exact) mass is 410 g/mol. The van der Waals surface area contributed by atoms with Crippen LogP contribution in [0.2, 0.25) is 5.54 Å². The molecule has 4 heteroatoms. The molecule has 0 bridgehead atoms. The zero-order chi connectivity index (χ0) is 20.8. The first-order valence-corrected chi connectivity index (χ1v) is 12.5. The summed E-state index contributed by atoms with van der Waals surface area (Å²) >= 11 is 0. The Morgan fingerprint density at radius 3 is 2.24 bits per heavy atom. The summed E-state index contributed by atoms with van der Waals surface area (Å²) in [5.41, 5.74) is 8.77. The summed E-state index contributed by atoms with van der Waals surface area (Å²) in [6.07, 6.45) is 9.52. The molecule has 1 aromatic rings. The fourth-order valence-corrected chi connectivity index (χ4v) is 7.26. The normalized spacial score (nSPS) is 15.1. The summed E-state index contributed by atoms with van der Waals surface area (Å²) in [6, 6.07) is 10.6. The third-order valence-corrected chi connectivity index (χ3v) is 8.82. The van der Waals surface area contributed by atoms with Gasteiger partial charge in [-0.3, -0.25) is 0 Å². The zero-order valence-corrected chi connectivity index (χ0v) is 18.9. The van der Waals surface area contributed by atoms with Gasteiger partial charge in [-0.1, -0.05) is 72.2 Å². The Morgan fingerprint density at radius 2 is 1.69 bits per heavy atom. The highest BCUT2D eigenvalue weighted by Crippen LogP contribution is 2.39. The van der Waals surface area contributed by atoms with E-state index in [0.717, 1.165) is 32.1 Å². The fraction of sp³-hybridized carbons (Fsp3) is 0.520. The van der Waals surface area contributed by atoms with Gasteiger partial charge in [-0.2, -0.15) is 0 Å². The highest BCUT2D eigenvalue weighted by atomic mass is 28.4. The van der Waals surface area contributed by atoms with Crippen LogP contribution >= 0.6 is 0 Å². The van der Waals surface area contributed by atoms with E-state index in [1.807, 2.05) is 6.08 Å². The van der Waals surface area contributed by atoms with Gasteiger partial charge in [-0.25, -0.2) is 0 Å². The number of aryl methyl sites for hydroxylation is 1. The van der Waals surface area contributed by atoms with Gasteiger partial charge < -0.3 is 13.9 Å². The van der Waals surface area contributed by atoms with Gasteiger partial charge in [0.05, 0.1) is 6.10 Å². The highest BCUT2D eigenvalue weighted by Gasteiger charge is 2.44. The molecule has 1 unspecified atom stereocenters. The number of rotatable bonds is 10. The van der Waals surface area contributed by atoms with Crippen molar-refractivity contribution in [2.24, 2.45) is 0 Å².